The maximum absolute atomic E-state index is 10.8. The summed E-state index contributed by atoms with van der Waals surface area (Å²) in [6.07, 6.45) is 1.87. The van der Waals surface area contributed by atoms with Crippen molar-refractivity contribution in [2.24, 2.45) is 0 Å². The van der Waals surface area contributed by atoms with Crippen molar-refractivity contribution in [1.82, 2.24) is 14.5 Å². The standard InChI is InChI=1S/C38H30N3OS.Pt/c1-38(2,3)28-21-27(22-29(24-28)43-36-23-26(19-20-39-36)25-11-5-4-6-12-25)32-18-17-31-30-13-7-8-14-33(30)41(37(31)40-32)34-15-9-10-16-35(34)42;/h4-21,23-24,42H,1-3H3;/q-1;. The fraction of sp³-hybridized carbons (Fsp3) is 0.105. The third kappa shape index (κ3) is 5.70. The molecule has 4 nitrogen and oxygen atoms in total. The molecular weight excluding hydrogens is 742 g/mol. The van der Waals surface area contributed by atoms with Crippen molar-refractivity contribution in [2.75, 3.05) is 0 Å². The molecule has 0 unspecified atom stereocenters. The van der Waals surface area contributed by atoms with Crippen molar-refractivity contribution in [3.05, 3.63) is 133 Å². The number of pyridine rings is 2. The van der Waals surface area contributed by atoms with E-state index >= 15 is 0 Å². The Hall–Kier alpha value is -4.18. The van der Waals surface area contributed by atoms with E-state index in [2.05, 4.69) is 98.6 Å². The fourth-order valence-corrected chi connectivity index (χ4v) is 6.32. The molecule has 0 radical (unpaired) electrons. The largest absolute Gasteiger partial charge is 0.506 e. The molecule has 0 atom stereocenters. The van der Waals surface area contributed by atoms with Crippen LogP contribution in [0.1, 0.15) is 26.3 Å². The van der Waals surface area contributed by atoms with Gasteiger partial charge < -0.3 is 5.11 Å². The molecule has 4 aromatic carbocycles. The maximum Gasteiger partial charge on any atom is 0.139 e. The first-order valence-electron chi connectivity index (χ1n) is 14.3. The Morgan fingerprint density at radius 1 is 0.750 bits per heavy atom. The van der Waals surface area contributed by atoms with Gasteiger partial charge in [0.1, 0.15) is 11.4 Å². The van der Waals surface area contributed by atoms with Gasteiger partial charge in [-0.15, -0.1) is 29.3 Å². The van der Waals surface area contributed by atoms with Crippen LogP contribution in [0.25, 0.3) is 50.0 Å². The van der Waals surface area contributed by atoms with Crippen LogP contribution >= 0.6 is 11.8 Å². The zero-order valence-corrected chi connectivity index (χ0v) is 27.6. The number of aromatic hydroxyl groups is 1. The summed E-state index contributed by atoms with van der Waals surface area (Å²) in [4.78, 5) is 10.9. The van der Waals surface area contributed by atoms with Gasteiger partial charge in [-0.25, -0.2) is 4.98 Å². The monoisotopic (exact) mass is 771 g/mol. The van der Waals surface area contributed by atoms with Crippen molar-refractivity contribution >= 4 is 33.7 Å². The number of rotatable bonds is 5. The molecule has 0 spiro atoms. The second-order valence-electron chi connectivity index (χ2n) is 11.7. The van der Waals surface area contributed by atoms with Crippen LogP contribution in [0, 0.1) is 6.07 Å². The molecule has 3 heterocycles. The van der Waals surface area contributed by atoms with Crippen molar-refractivity contribution in [3.63, 3.8) is 0 Å². The number of hydrogen-bond acceptors (Lipinski definition) is 4. The van der Waals surface area contributed by atoms with E-state index in [-0.39, 0.29) is 32.2 Å². The predicted octanol–water partition coefficient (Wildman–Crippen LogP) is 9.86. The van der Waals surface area contributed by atoms with E-state index in [1.54, 1.807) is 17.8 Å². The number of benzene rings is 4. The first-order valence-corrected chi connectivity index (χ1v) is 15.1. The Morgan fingerprint density at radius 3 is 2.30 bits per heavy atom. The average Bonchev–Trinajstić information content (AvgIpc) is 3.35. The number of aromatic nitrogens is 3. The Kier molecular flexibility index (Phi) is 8.19. The van der Waals surface area contributed by atoms with E-state index in [1.165, 1.54) is 5.56 Å². The van der Waals surface area contributed by atoms with E-state index in [0.717, 1.165) is 54.2 Å². The fourth-order valence-electron chi connectivity index (χ4n) is 5.44. The van der Waals surface area contributed by atoms with Crippen molar-refractivity contribution in [3.8, 4) is 33.8 Å². The summed E-state index contributed by atoms with van der Waals surface area (Å²) in [5.74, 6) is 0.211. The molecule has 7 aromatic rings. The van der Waals surface area contributed by atoms with Crippen LogP contribution in [0.5, 0.6) is 5.75 Å². The minimum absolute atomic E-state index is 0. The molecular formula is C38H30N3OPtS-. The number of phenols is 1. The zero-order valence-electron chi connectivity index (χ0n) is 24.6. The van der Waals surface area contributed by atoms with Gasteiger partial charge in [-0.05, 0) is 52.6 Å². The van der Waals surface area contributed by atoms with Gasteiger partial charge in [0.05, 0.1) is 16.2 Å². The second kappa shape index (κ2) is 12.1. The second-order valence-corrected chi connectivity index (χ2v) is 12.7. The van der Waals surface area contributed by atoms with Crippen LogP contribution in [0.4, 0.5) is 0 Å². The number of hydrogen-bond donors (Lipinski definition) is 1. The molecule has 0 amide bonds. The molecule has 0 saturated heterocycles. The van der Waals surface area contributed by atoms with E-state index < -0.39 is 0 Å². The molecule has 0 bridgehead atoms. The van der Waals surface area contributed by atoms with Crippen molar-refractivity contribution in [2.45, 2.75) is 36.1 Å². The first-order chi connectivity index (χ1) is 20.8. The van der Waals surface area contributed by atoms with Crippen molar-refractivity contribution < 1.29 is 26.2 Å². The van der Waals surface area contributed by atoms with Gasteiger partial charge in [-0.1, -0.05) is 110 Å². The van der Waals surface area contributed by atoms with E-state index in [0.29, 0.717) is 5.69 Å². The molecule has 3 aromatic heterocycles. The van der Waals surface area contributed by atoms with Gasteiger partial charge in [0.25, 0.3) is 0 Å². The van der Waals surface area contributed by atoms with Crippen LogP contribution in [0.2, 0.25) is 0 Å². The number of nitrogens with zero attached hydrogens (tertiary/aromatic N) is 3. The predicted molar refractivity (Wildman–Crippen MR) is 177 cm³/mol. The van der Waals surface area contributed by atoms with Gasteiger partial charge in [-0.3, -0.25) is 9.55 Å². The molecule has 0 aliphatic carbocycles. The van der Waals surface area contributed by atoms with E-state index in [4.69, 9.17) is 4.98 Å². The molecule has 6 heteroatoms. The first kappa shape index (κ1) is 29.9. The molecule has 0 saturated carbocycles. The van der Waals surface area contributed by atoms with Crippen LogP contribution in [-0.4, -0.2) is 19.6 Å². The summed E-state index contributed by atoms with van der Waals surface area (Å²) in [5.41, 5.74) is 7.66. The molecule has 0 fully saturated rings. The van der Waals surface area contributed by atoms with Gasteiger partial charge in [0.15, 0.2) is 0 Å². The van der Waals surface area contributed by atoms with Crippen LogP contribution in [0.3, 0.4) is 0 Å². The van der Waals surface area contributed by atoms with Crippen LogP contribution in [-0.2, 0) is 26.5 Å². The molecule has 44 heavy (non-hydrogen) atoms. The third-order valence-corrected chi connectivity index (χ3v) is 8.56. The smallest absolute Gasteiger partial charge is 0.139 e. The number of phenolic OH excluding ortho intramolecular Hbond substituents is 1. The molecule has 1 N–H and O–H groups in total. The normalized spacial score (nSPS) is 11.5. The summed E-state index contributed by atoms with van der Waals surface area (Å²) in [5, 5.41) is 13.9. The van der Waals surface area contributed by atoms with Gasteiger partial charge >= 0.3 is 0 Å². The third-order valence-electron chi connectivity index (χ3n) is 7.69. The summed E-state index contributed by atoms with van der Waals surface area (Å²) in [6, 6.07) is 42.4. The summed E-state index contributed by atoms with van der Waals surface area (Å²) < 4.78 is 2.05. The van der Waals surface area contributed by atoms with Crippen LogP contribution < -0.4 is 0 Å². The van der Waals surface area contributed by atoms with E-state index in [9.17, 15) is 5.11 Å². The van der Waals surface area contributed by atoms with Crippen molar-refractivity contribution in [1.29, 1.82) is 0 Å². The number of para-hydroxylation sites is 3. The SMILES string of the molecule is CC(C)(C)c1cc(Sc2cc(-c3ccccc3)ccn2)[c-]c(-c2ccc3c4ccccc4n(-c4ccccc4O)c3n2)c1.[Pt]. The molecule has 0 aliphatic heterocycles. The van der Waals surface area contributed by atoms with Crippen LogP contribution in [0.15, 0.2) is 131 Å². The molecule has 7 rings (SSSR count). The summed E-state index contributed by atoms with van der Waals surface area (Å²) in [6.45, 7) is 6.67. The van der Waals surface area contributed by atoms with Gasteiger partial charge in [0, 0.05) is 38.0 Å². The average molecular weight is 772 g/mol. The Bertz CT molecular complexity index is 2120. The number of fused-ring (bicyclic) bond motifs is 3. The minimum atomic E-state index is -0.0761. The van der Waals surface area contributed by atoms with Gasteiger partial charge in [0.2, 0.25) is 0 Å². The molecule has 220 valence electrons. The summed E-state index contributed by atoms with van der Waals surface area (Å²) in [7, 11) is 0. The van der Waals surface area contributed by atoms with Gasteiger partial charge in [-0.2, -0.15) is 0 Å². The summed E-state index contributed by atoms with van der Waals surface area (Å²) >= 11 is 1.61. The Morgan fingerprint density at radius 2 is 1.50 bits per heavy atom. The maximum atomic E-state index is 10.8. The topological polar surface area (TPSA) is 50.9 Å². The Balaban J connectivity index is 0.00000343. The minimum Gasteiger partial charge on any atom is -0.506 e. The zero-order chi connectivity index (χ0) is 29.6. The molecule has 0 aliphatic rings. The quantitative estimate of drug-likeness (QED) is 0.177. The Labute approximate surface area is 276 Å². The van der Waals surface area contributed by atoms with E-state index in [1.807, 2.05) is 53.2 Å².